The summed E-state index contributed by atoms with van der Waals surface area (Å²) in [5, 5.41) is 0. The molecule has 0 saturated carbocycles. The van der Waals surface area contributed by atoms with E-state index >= 15 is 0 Å². The van der Waals surface area contributed by atoms with Gasteiger partial charge in [0.15, 0.2) is 0 Å². The molecule has 1 aliphatic heterocycles. The Hall–Kier alpha value is -2.08. The molecule has 24 heavy (non-hydrogen) atoms. The lowest BCUT2D eigenvalue weighted by atomic mass is 10.2. The van der Waals surface area contributed by atoms with E-state index in [1.165, 1.54) is 0 Å². The molecule has 0 radical (unpaired) electrons. The van der Waals surface area contributed by atoms with Crippen molar-refractivity contribution in [2.75, 3.05) is 45.8 Å². The minimum absolute atomic E-state index is 0.165. The summed E-state index contributed by atoms with van der Waals surface area (Å²) in [7, 11) is 0. The summed E-state index contributed by atoms with van der Waals surface area (Å²) < 4.78 is 5.33. The Balaban J connectivity index is 1.74. The van der Waals surface area contributed by atoms with Gasteiger partial charge in [0.05, 0.1) is 0 Å². The van der Waals surface area contributed by atoms with Crippen molar-refractivity contribution in [3.63, 3.8) is 0 Å². The lowest BCUT2D eigenvalue weighted by Gasteiger charge is -2.34. The second-order valence-electron chi connectivity index (χ2n) is 5.83. The number of para-hydroxylation sites is 1. The fourth-order valence-electron chi connectivity index (χ4n) is 2.74. The number of hydrogen-bond donors (Lipinski definition) is 0. The first-order valence-corrected chi connectivity index (χ1v) is 8.66. The zero-order valence-electron chi connectivity index (χ0n) is 14.6. The average molecular weight is 333 g/mol. The number of piperazine rings is 1. The number of benzene rings is 1. The summed E-state index contributed by atoms with van der Waals surface area (Å²) in [4.78, 5) is 30.1. The number of amides is 2. The Morgan fingerprint density at radius 1 is 1.00 bits per heavy atom. The fourth-order valence-corrected chi connectivity index (χ4v) is 2.74. The third kappa shape index (κ3) is 5.23. The molecule has 0 unspecified atom stereocenters. The lowest BCUT2D eigenvalue weighted by Crippen LogP contribution is -2.51. The van der Waals surface area contributed by atoms with Crippen LogP contribution in [0.1, 0.15) is 20.3 Å². The number of rotatable bonds is 6. The van der Waals surface area contributed by atoms with Gasteiger partial charge in [0.25, 0.3) is 0 Å². The fraction of sp³-hybridized carbons (Fsp3) is 0.556. The summed E-state index contributed by atoms with van der Waals surface area (Å²) in [5.74, 6) is 0.707. The van der Waals surface area contributed by atoms with Crippen LogP contribution in [0.25, 0.3) is 0 Å². The Kier molecular flexibility index (Phi) is 7.06. The quantitative estimate of drug-likeness (QED) is 0.800. The van der Waals surface area contributed by atoms with Crippen LogP contribution in [-0.2, 0) is 4.79 Å². The summed E-state index contributed by atoms with van der Waals surface area (Å²) in [6.07, 6.45) is 0.187. The molecular weight excluding hydrogens is 306 g/mol. The van der Waals surface area contributed by atoms with Gasteiger partial charge < -0.3 is 19.4 Å². The maximum Gasteiger partial charge on any atom is 0.415 e. The smallest absolute Gasteiger partial charge is 0.410 e. The highest BCUT2D eigenvalue weighted by Gasteiger charge is 2.25. The van der Waals surface area contributed by atoms with Gasteiger partial charge in [0.1, 0.15) is 5.75 Å². The minimum atomic E-state index is -0.351. The molecule has 1 saturated heterocycles. The number of carbonyl (C=O) groups is 2. The molecule has 0 N–H and O–H groups in total. The van der Waals surface area contributed by atoms with Crippen molar-refractivity contribution in [3.8, 4) is 5.75 Å². The van der Waals surface area contributed by atoms with Crippen molar-refractivity contribution in [2.45, 2.75) is 20.3 Å². The third-order valence-corrected chi connectivity index (χ3v) is 4.38. The molecule has 0 atom stereocenters. The van der Waals surface area contributed by atoms with Gasteiger partial charge in [-0.3, -0.25) is 4.79 Å². The van der Waals surface area contributed by atoms with E-state index in [-0.39, 0.29) is 12.0 Å². The summed E-state index contributed by atoms with van der Waals surface area (Å²) in [6, 6.07) is 9.04. The van der Waals surface area contributed by atoms with Gasteiger partial charge in [-0.1, -0.05) is 32.0 Å². The molecule has 2 amide bonds. The van der Waals surface area contributed by atoms with Gasteiger partial charge in [-0.15, -0.1) is 0 Å². The largest absolute Gasteiger partial charge is 0.415 e. The van der Waals surface area contributed by atoms with Crippen LogP contribution < -0.4 is 4.74 Å². The zero-order chi connectivity index (χ0) is 17.4. The zero-order valence-corrected chi connectivity index (χ0v) is 14.6. The predicted molar refractivity (Wildman–Crippen MR) is 93.0 cm³/mol. The summed E-state index contributed by atoms with van der Waals surface area (Å²) in [6.45, 7) is 9.09. The van der Waals surface area contributed by atoms with Gasteiger partial charge >= 0.3 is 6.09 Å². The second kappa shape index (κ2) is 9.27. The van der Waals surface area contributed by atoms with Gasteiger partial charge in [0.2, 0.25) is 5.91 Å². The first-order valence-electron chi connectivity index (χ1n) is 8.66. The van der Waals surface area contributed by atoms with Crippen LogP contribution >= 0.6 is 0 Å². The average Bonchev–Trinajstić information content (AvgIpc) is 2.63. The molecule has 1 aromatic rings. The predicted octanol–water partition coefficient (Wildman–Crippen LogP) is 2.06. The first kappa shape index (κ1) is 18.3. The van der Waals surface area contributed by atoms with E-state index in [0.29, 0.717) is 38.3 Å². The molecule has 6 heteroatoms. The molecular formula is C18H27N3O3. The molecule has 2 rings (SSSR count). The molecule has 1 aliphatic rings. The van der Waals surface area contributed by atoms with Gasteiger partial charge in [0, 0.05) is 39.1 Å². The van der Waals surface area contributed by atoms with Crippen molar-refractivity contribution >= 4 is 12.0 Å². The second-order valence-corrected chi connectivity index (χ2v) is 5.83. The first-order chi connectivity index (χ1) is 11.6. The van der Waals surface area contributed by atoms with Crippen LogP contribution in [0.2, 0.25) is 0 Å². The monoisotopic (exact) mass is 333 g/mol. The van der Waals surface area contributed by atoms with Crippen molar-refractivity contribution in [2.24, 2.45) is 0 Å². The van der Waals surface area contributed by atoms with E-state index in [1.807, 2.05) is 23.1 Å². The number of ether oxygens (including phenoxy) is 1. The van der Waals surface area contributed by atoms with E-state index < -0.39 is 0 Å². The maximum absolute atomic E-state index is 12.3. The molecule has 0 aromatic heterocycles. The standard InChI is InChI=1S/C18H27N3O3/c1-3-19(4-2)11-10-17(22)20-12-14-21(15-13-20)18(23)24-16-8-6-5-7-9-16/h5-9H,3-4,10-15H2,1-2H3. The lowest BCUT2D eigenvalue weighted by molar-refractivity contribution is -0.133. The van der Waals surface area contributed by atoms with Crippen LogP contribution in [0.3, 0.4) is 0 Å². The van der Waals surface area contributed by atoms with Gasteiger partial charge in [-0.05, 0) is 25.2 Å². The highest BCUT2D eigenvalue weighted by molar-refractivity contribution is 5.77. The molecule has 1 aromatic carbocycles. The van der Waals surface area contributed by atoms with Crippen molar-refractivity contribution in [1.29, 1.82) is 0 Å². The molecule has 6 nitrogen and oxygen atoms in total. The number of hydrogen-bond acceptors (Lipinski definition) is 4. The van der Waals surface area contributed by atoms with E-state index in [0.717, 1.165) is 19.6 Å². The minimum Gasteiger partial charge on any atom is -0.410 e. The molecule has 0 spiro atoms. The van der Waals surface area contributed by atoms with Crippen LogP contribution in [0.4, 0.5) is 4.79 Å². The van der Waals surface area contributed by atoms with Crippen molar-refractivity contribution < 1.29 is 14.3 Å². The normalized spacial score (nSPS) is 14.8. The summed E-state index contributed by atoms with van der Waals surface area (Å²) >= 11 is 0. The molecule has 1 fully saturated rings. The van der Waals surface area contributed by atoms with E-state index in [9.17, 15) is 9.59 Å². The topological polar surface area (TPSA) is 53.1 Å². The molecule has 1 heterocycles. The Labute approximate surface area is 144 Å². The molecule has 0 aliphatic carbocycles. The Morgan fingerprint density at radius 2 is 1.58 bits per heavy atom. The van der Waals surface area contributed by atoms with Crippen LogP contribution in [-0.4, -0.2) is 72.5 Å². The van der Waals surface area contributed by atoms with Crippen LogP contribution in [0.5, 0.6) is 5.75 Å². The molecule has 0 bridgehead atoms. The van der Waals surface area contributed by atoms with Gasteiger partial charge in [-0.25, -0.2) is 4.79 Å². The van der Waals surface area contributed by atoms with Crippen molar-refractivity contribution in [1.82, 2.24) is 14.7 Å². The van der Waals surface area contributed by atoms with E-state index in [2.05, 4.69) is 18.7 Å². The van der Waals surface area contributed by atoms with Crippen molar-refractivity contribution in [3.05, 3.63) is 30.3 Å². The van der Waals surface area contributed by atoms with E-state index in [4.69, 9.17) is 4.74 Å². The highest BCUT2D eigenvalue weighted by Crippen LogP contribution is 2.12. The van der Waals surface area contributed by atoms with Crippen LogP contribution in [0, 0.1) is 0 Å². The Morgan fingerprint density at radius 3 is 2.17 bits per heavy atom. The third-order valence-electron chi connectivity index (χ3n) is 4.38. The van der Waals surface area contributed by atoms with Gasteiger partial charge in [-0.2, -0.15) is 0 Å². The highest BCUT2D eigenvalue weighted by atomic mass is 16.6. The number of carbonyl (C=O) groups excluding carboxylic acids is 2. The summed E-state index contributed by atoms with van der Waals surface area (Å²) in [5.41, 5.74) is 0. The van der Waals surface area contributed by atoms with E-state index in [1.54, 1.807) is 17.0 Å². The SMILES string of the molecule is CCN(CC)CCC(=O)N1CCN(C(=O)Oc2ccccc2)CC1. The Bertz CT molecular complexity index is 524. The van der Waals surface area contributed by atoms with Crippen LogP contribution in [0.15, 0.2) is 30.3 Å². The maximum atomic E-state index is 12.3. The number of nitrogens with zero attached hydrogens (tertiary/aromatic N) is 3. The molecule has 132 valence electrons.